The molecule has 0 spiro atoms. The third-order valence-corrected chi connectivity index (χ3v) is 5.64. The van der Waals surface area contributed by atoms with Gasteiger partial charge in [-0.05, 0) is 43.2 Å². The number of nitrogens with one attached hydrogen (secondary N) is 1. The van der Waals surface area contributed by atoms with E-state index in [0.29, 0.717) is 5.17 Å². The molecule has 1 N–H and O–H groups in total. The van der Waals surface area contributed by atoms with Crippen LogP contribution in [-0.4, -0.2) is 34.2 Å². The lowest BCUT2D eigenvalue weighted by Gasteiger charge is -2.09. The second-order valence-corrected chi connectivity index (χ2v) is 7.71. The third kappa shape index (κ3) is 4.77. The molecule has 1 heterocycles. The van der Waals surface area contributed by atoms with Crippen LogP contribution < -0.4 is 5.32 Å². The number of nitrogens with zero attached hydrogens (tertiary/aromatic N) is 2. The Kier molecular flexibility index (Phi) is 5.96. The summed E-state index contributed by atoms with van der Waals surface area (Å²) in [4.78, 5) is 30.9. The minimum absolute atomic E-state index is 0.0945. The highest BCUT2D eigenvalue weighted by Crippen LogP contribution is 2.30. The Morgan fingerprint density at radius 3 is 2.44 bits per heavy atom. The second-order valence-electron chi connectivity index (χ2n) is 6.54. The number of aliphatic imine (C=N–C) groups is 1. The summed E-state index contributed by atoms with van der Waals surface area (Å²) < 4.78 is 0. The van der Waals surface area contributed by atoms with Crippen LogP contribution in [0.5, 0.6) is 0 Å². The lowest BCUT2D eigenvalue weighted by Crippen LogP contribution is -2.30. The molecule has 1 fully saturated rings. The molecule has 1 saturated heterocycles. The van der Waals surface area contributed by atoms with Gasteiger partial charge >= 0.3 is 0 Å². The number of aryl methyl sites for hydroxylation is 2. The summed E-state index contributed by atoms with van der Waals surface area (Å²) in [6.45, 7) is 4.10. The standard InChI is InChI=1S/C21H23N3O2S/c1-4-15-7-11-17(12-8-15)23-21-24(3)20(26)18(27-21)13-19(25)22-16-9-5-14(2)6-10-16/h5-12,18H,4,13H2,1-3H3,(H,22,25)/t18-/m1/s1. The summed E-state index contributed by atoms with van der Waals surface area (Å²) in [5, 5.41) is 3.02. The number of carbonyl (C=O) groups excluding carboxylic acids is 2. The number of hydrogen-bond donors (Lipinski definition) is 1. The van der Waals surface area contributed by atoms with Crippen molar-refractivity contribution in [2.45, 2.75) is 31.9 Å². The van der Waals surface area contributed by atoms with Crippen LogP contribution in [0.25, 0.3) is 0 Å². The van der Waals surface area contributed by atoms with Crippen LogP contribution >= 0.6 is 11.8 Å². The van der Waals surface area contributed by atoms with Crippen molar-refractivity contribution < 1.29 is 9.59 Å². The molecule has 0 aromatic heterocycles. The third-order valence-electron chi connectivity index (χ3n) is 4.42. The fourth-order valence-electron chi connectivity index (χ4n) is 2.73. The van der Waals surface area contributed by atoms with Gasteiger partial charge < -0.3 is 5.32 Å². The van der Waals surface area contributed by atoms with Gasteiger partial charge in [0.2, 0.25) is 11.8 Å². The molecule has 0 bridgehead atoms. The molecule has 0 radical (unpaired) electrons. The van der Waals surface area contributed by atoms with Crippen LogP contribution in [-0.2, 0) is 16.0 Å². The molecule has 1 aliphatic rings. The molecule has 140 valence electrons. The van der Waals surface area contributed by atoms with E-state index in [2.05, 4.69) is 17.2 Å². The number of rotatable bonds is 5. The molecule has 2 amide bonds. The van der Waals surface area contributed by atoms with E-state index in [4.69, 9.17) is 0 Å². The zero-order valence-electron chi connectivity index (χ0n) is 15.7. The van der Waals surface area contributed by atoms with Gasteiger partial charge in [0.05, 0.1) is 5.69 Å². The van der Waals surface area contributed by atoms with Gasteiger partial charge in [0.1, 0.15) is 5.25 Å². The van der Waals surface area contributed by atoms with Crippen molar-refractivity contribution in [1.82, 2.24) is 4.90 Å². The first kappa shape index (κ1) is 19.2. The predicted molar refractivity (Wildman–Crippen MR) is 111 cm³/mol. The van der Waals surface area contributed by atoms with Crippen molar-refractivity contribution in [3.8, 4) is 0 Å². The monoisotopic (exact) mass is 381 g/mol. The maximum Gasteiger partial charge on any atom is 0.242 e. The predicted octanol–water partition coefficient (Wildman–Crippen LogP) is 4.15. The first-order valence-corrected chi connectivity index (χ1v) is 9.82. The van der Waals surface area contributed by atoms with Crippen molar-refractivity contribution in [3.05, 3.63) is 59.7 Å². The number of thioether (sulfide) groups is 1. The Bertz CT molecular complexity index is 860. The average molecular weight is 382 g/mol. The van der Waals surface area contributed by atoms with E-state index in [-0.39, 0.29) is 18.2 Å². The zero-order valence-corrected chi connectivity index (χ0v) is 16.5. The Hall–Kier alpha value is -2.60. The summed E-state index contributed by atoms with van der Waals surface area (Å²) in [5.41, 5.74) is 3.91. The molecule has 0 unspecified atom stereocenters. The lowest BCUT2D eigenvalue weighted by atomic mass is 10.2. The van der Waals surface area contributed by atoms with Gasteiger partial charge in [-0.25, -0.2) is 4.99 Å². The highest BCUT2D eigenvalue weighted by molar-refractivity contribution is 8.15. The van der Waals surface area contributed by atoms with Crippen molar-refractivity contribution in [3.63, 3.8) is 0 Å². The minimum Gasteiger partial charge on any atom is -0.326 e. The molecule has 27 heavy (non-hydrogen) atoms. The summed E-state index contributed by atoms with van der Waals surface area (Å²) >= 11 is 1.34. The van der Waals surface area contributed by atoms with E-state index >= 15 is 0 Å². The smallest absolute Gasteiger partial charge is 0.242 e. The summed E-state index contributed by atoms with van der Waals surface area (Å²) in [6.07, 6.45) is 1.09. The molecule has 0 aliphatic carbocycles. The lowest BCUT2D eigenvalue weighted by molar-refractivity contribution is -0.127. The van der Waals surface area contributed by atoms with Crippen LogP contribution in [0, 0.1) is 6.92 Å². The average Bonchev–Trinajstić information content (AvgIpc) is 2.92. The number of amides is 2. The Labute approximate surface area is 163 Å². The van der Waals surface area contributed by atoms with Crippen molar-refractivity contribution in [2.75, 3.05) is 12.4 Å². The molecular formula is C21H23N3O2S. The molecule has 1 aliphatic heterocycles. The largest absolute Gasteiger partial charge is 0.326 e. The van der Waals surface area contributed by atoms with Crippen LogP contribution in [0.2, 0.25) is 0 Å². The maximum atomic E-state index is 12.5. The molecule has 2 aromatic rings. The molecule has 2 aromatic carbocycles. The van der Waals surface area contributed by atoms with Gasteiger partial charge in [0.25, 0.3) is 0 Å². The molecular weight excluding hydrogens is 358 g/mol. The van der Waals surface area contributed by atoms with Gasteiger partial charge in [0, 0.05) is 19.2 Å². The molecule has 6 heteroatoms. The van der Waals surface area contributed by atoms with E-state index in [1.165, 1.54) is 22.2 Å². The SMILES string of the molecule is CCc1ccc(N=C2S[C@H](CC(=O)Nc3ccc(C)cc3)C(=O)N2C)cc1. The highest BCUT2D eigenvalue weighted by atomic mass is 32.2. The van der Waals surface area contributed by atoms with Crippen LogP contribution in [0.15, 0.2) is 53.5 Å². The van der Waals surface area contributed by atoms with Crippen molar-refractivity contribution in [2.24, 2.45) is 4.99 Å². The quantitative estimate of drug-likeness (QED) is 0.846. The maximum absolute atomic E-state index is 12.5. The Balaban J connectivity index is 1.65. The molecule has 1 atom stereocenters. The highest BCUT2D eigenvalue weighted by Gasteiger charge is 2.36. The number of carbonyl (C=O) groups is 2. The van der Waals surface area contributed by atoms with Gasteiger partial charge in [0.15, 0.2) is 5.17 Å². The zero-order chi connectivity index (χ0) is 19.4. The van der Waals surface area contributed by atoms with Gasteiger partial charge in [-0.3, -0.25) is 14.5 Å². The van der Waals surface area contributed by atoms with E-state index in [9.17, 15) is 9.59 Å². The fraction of sp³-hybridized carbons (Fsp3) is 0.286. The molecule has 0 saturated carbocycles. The van der Waals surface area contributed by atoms with Crippen LogP contribution in [0.1, 0.15) is 24.5 Å². The van der Waals surface area contributed by atoms with Gasteiger partial charge in [-0.1, -0.05) is 48.5 Å². The first-order valence-electron chi connectivity index (χ1n) is 8.94. The second kappa shape index (κ2) is 8.39. The number of amidine groups is 1. The topological polar surface area (TPSA) is 61.8 Å². The molecule has 3 rings (SSSR count). The van der Waals surface area contributed by atoms with E-state index in [0.717, 1.165) is 23.4 Å². The summed E-state index contributed by atoms with van der Waals surface area (Å²) in [7, 11) is 1.70. The Morgan fingerprint density at radius 2 is 1.81 bits per heavy atom. The molecule has 5 nitrogen and oxygen atoms in total. The van der Waals surface area contributed by atoms with E-state index in [1.54, 1.807) is 7.05 Å². The van der Waals surface area contributed by atoms with E-state index < -0.39 is 5.25 Å². The Morgan fingerprint density at radius 1 is 1.15 bits per heavy atom. The number of hydrogen-bond acceptors (Lipinski definition) is 4. The fourth-order valence-corrected chi connectivity index (χ4v) is 3.89. The normalized spacial score (nSPS) is 18.2. The summed E-state index contributed by atoms with van der Waals surface area (Å²) in [5.74, 6) is -0.269. The van der Waals surface area contributed by atoms with Gasteiger partial charge in [-0.15, -0.1) is 0 Å². The first-order chi connectivity index (χ1) is 13.0. The van der Waals surface area contributed by atoms with Crippen LogP contribution in [0.3, 0.4) is 0 Å². The number of anilines is 1. The van der Waals surface area contributed by atoms with Crippen LogP contribution in [0.4, 0.5) is 11.4 Å². The summed E-state index contributed by atoms with van der Waals surface area (Å²) in [6, 6.07) is 15.6. The van der Waals surface area contributed by atoms with Crippen molar-refractivity contribution >= 4 is 40.1 Å². The number of benzene rings is 2. The van der Waals surface area contributed by atoms with Crippen molar-refractivity contribution in [1.29, 1.82) is 0 Å². The van der Waals surface area contributed by atoms with Gasteiger partial charge in [-0.2, -0.15) is 0 Å². The minimum atomic E-state index is -0.450. The van der Waals surface area contributed by atoms with E-state index in [1.807, 2.05) is 55.5 Å².